The quantitative estimate of drug-likeness (QED) is 0.290. The number of thioether (sulfide) groups is 1. The predicted molar refractivity (Wildman–Crippen MR) is 113 cm³/mol. The number of hydrogen-bond acceptors (Lipinski definition) is 6. The number of imidazole rings is 2. The molecule has 3 aromatic heterocycles. The average Bonchev–Trinajstić information content (AvgIpc) is 3.29. The minimum atomic E-state index is -0.363. The van der Waals surface area contributed by atoms with Crippen molar-refractivity contribution < 1.29 is 0 Å². The number of nitrogen functional groups attached to an aromatic ring is 1. The van der Waals surface area contributed by atoms with Crippen molar-refractivity contribution in [3.8, 4) is 11.3 Å². The van der Waals surface area contributed by atoms with E-state index >= 15 is 0 Å². The normalized spacial score (nSPS) is 11.4. The third kappa shape index (κ3) is 3.46. The van der Waals surface area contributed by atoms with Gasteiger partial charge in [0.05, 0.1) is 18.2 Å². The molecule has 0 aliphatic carbocycles. The zero-order valence-electron chi connectivity index (χ0n) is 16.1. The summed E-state index contributed by atoms with van der Waals surface area (Å²) in [7, 11) is 3.37. The van der Waals surface area contributed by atoms with Gasteiger partial charge in [0.25, 0.3) is 5.56 Å². The van der Waals surface area contributed by atoms with E-state index in [4.69, 9.17) is 5.84 Å². The summed E-state index contributed by atoms with van der Waals surface area (Å²) in [5.74, 6) is 6.69. The highest BCUT2D eigenvalue weighted by Gasteiger charge is 2.15. The Morgan fingerprint density at radius 2 is 1.90 bits per heavy atom. The third-order valence-electron chi connectivity index (χ3n) is 4.73. The number of nitrogens with zero attached hydrogens (tertiary/aromatic N) is 6. The summed E-state index contributed by atoms with van der Waals surface area (Å²) >= 11 is 1.49. The molecule has 0 aliphatic heterocycles. The van der Waals surface area contributed by atoms with Crippen LogP contribution in [0.15, 0.2) is 57.6 Å². The molecule has 4 rings (SSSR count). The minimum Gasteiger partial charge on any atom is -0.337 e. The van der Waals surface area contributed by atoms with Crippen molar-refractivity contribution in [1.29, 1.82) is 0 Å². The van der Waals surface area contributed by atoms with Gasteiger partial charge in [0.1, 0.15) is 0 Å². The maximum absolute atomic E-state index is 12.7. The Morgan fingerprint density at radius 1 is 1.14 bits per heavy atom. The maximum Gasteiger partial charge on any atom is 0.332 e. The van der Waals surface area contributed by atoms with Gasteiger partial charge < -0.3 is 10.4 Å². The zero-order chi connectivity index (χ0) is 20.5. The van der Waals surface area contributed by atoms with Gasteiger partial charge in [-0.1, -0.05) is 42.1 Å². The highest BCUT2D eigenvalue weighted by atomic mass is 32.2. The van der Waals surface area contributed by atoms with Gasteiger partial charge in [0.15, 0.2) is 16.3 Å². The van der Waals surface area contributed by atoms with E-state index in [2.05, 4.69) is 9.97 Å². The van der Waals surface area contributed by atoms with Crippen LogP contribution in [0.25, 0.3) is 22.4 Å². The number of hydrogen-bond donors (Lipinski definition) is 1. The Hall–Kier alpha value is -3.27. The van der Waals surface area contributed by atoms with Crippen molar-refractivity contribution >= 4 is 22.9 Å². The first-order valence-electron chi connectivity index (χ1n) is 9.11. The lowest BCUT2D eigenvalue weighted by atomic mass is 10.2. The summed E-state index contributed by atoms with van der Waals surface area (Å²) in [4.78, 5) is 33.9. The van der Waals surface area contributed by atoms with Gasteiger partial charge in [-0.3, -0.25) is 13.9 Å². The summed E-state index contributed by atoms with van der Waals surface area (Å²) in [5.41, 5.74) is 1.94. The van der Waals surface area contributed by atoms with Gasteiger partial charge >= 0.3 is 5.69 Å². The average molecular weight is 411 g/mol. The molecular weight excluding hydrogens is 390 g/mol. The molecule has 4 aromatic rings. The first-order valence-corrected chi connectivity index (χ1v) is 10.1. The molecule has 0 amide bonds. The van der Waals surface area contributed by atoms with Crippen LogP contribution in [0.2, 0.25) is 0 Å². The zero-order valence-corrected chi connectivity index (χ0v) is 17.0. The third-order valence-corrected chi connectivity index (χ3v) is 5.78. The van der Waals surface area contributed by atoms with Crippen LogP contribution in [0, 0.1) is 0 Å². The van der Waals surface area contributed by atoms with E-state index in [1.54, 1.807) is 24.9 Å². The molecule has 0 aliphatic rings. The van der Waals surface area contributed by atoms with Gasteiger partial charge in [0, 0.05) is 32.0 Å². The predicted octanol–water partition coefficient (Wildman–Crippen LogP) is 1.19. The van der Waals surface area contributed by atoms with Crippen molar-refractivity contribution in [2.45, 2.75) is 18.1 Å². The summed E-state index contributed by atoms with van der Waals surface area (Å²) in [5, 5.41) is 0.686. The van der Waals surface area contributed by atoms with Crippen LogP contribution in [0.3, 0.4) is 0 Å². The molecular formula is C19H21N7O2S. The summed E-state index contributed by atoms with van der Waals surface area (Å²) in [6, 6.07) is 9.82. The molecule has 10 heteroatoms. The molecule has 0 saturated carbocycles. The fraction of sp³-hybridized carbons (Fsp3) is 0.263. The molecule has 0 saturated heterocycles. The van der Waals surface area contributed by atoms with E-state index < -0.39 is 0 Å². The van der Waals surface area contributed by atoms with Gasteiger partial charge in [-0.05, 0) is 6.42 Å². The van der Waals surface area contributed by atoms with Crippen molar-refractivity contribution in [1.82, 2.24) is 28.3 Å². The van der Waals surface area contributed by atoms with E-state index in [0.29, 0.717) is 35.0 Å². The lowest BCUT2D eigenvalue weighted by Gasteiger charge is -2.08. The van der Waals surface area contributed by atoms with Crippen molar-refractivity contribution in [3.05, 3.63) is 63.7 Å². The van der Waals surface area contributed by atoms with Gasteiger partial charge in [-0.15, -0.1) is 0 Å². The highest BCUT2D eigenvalue weighted by Crippen LogP contribution is 2.23. The Labute approximate surface area is 170 Å². The Morgan fingerprint density at radius 3 is 2.66 bits per heavy atom. The smallest absolute Gasteiger partial charge is 0.332 e. The fourth-order valence-corrected chi connectivity index (χ4v) is 4.03. The Bertz CT molecular complexity index is 1280. The number of nitrogens with two attached hydrogens (primary N) is 1. The number of benzene rings is 1. The second kappa shape index (κ2) is 7.63. The maximum atomic E-state index is 12.7. The highest BCUT2D eigenvalue weighted by molar-refractivity contribution is 7.99. The first kappa shape index (κ1) is 19.1. The monoisotopic (exact) mass is 411 g/mol. The summed E-state index contributed by atoms with van der Waals surface area (Å²) in [6.07, 6.45) is 3.95. The van der Waals surface area contributed by atoms with Crippen LogP contribution in [0.4, 0.5) is 0 Å². The van der Waals surface area contributed by atoms with Crippen molar-refractivity contribution in [3.63, 3.8) is 0 Å². The Kier molecular flexibility index (Phi) is 5.01. The van der Waals surface area contributed by atoms with E-state index in [1.165, 1.54) is 31.9 Å². The topological polar surface area (TPSA) is 106 Å². The molecule has 0 bridgehead atoms. The summed E-state index contributed by atoms with van der Waals surface area (Å²) < 4.78 is 5.80. The molecule has 0 unspecified atom stereocenters. The second-order valence-corrected chi connectivity index (χ2v) is 7.77. The molecule has 0 atom stereocenters. The number of fused-ring (bicyclic) bond motifs is 1. The van der Waals surface area contributed by atoms with E-state index in [1.807, 2.05) is 30.3 Å². The van der Waals surface area contributed by atoms with Crippen LogP contribution >= 0.6 is 11.8 Å². The molecule has 2 N–H and O–H groups in total. The SMILES string of the molecule is Cn1cnc2c1c(=O)n(CCCSc1nc(-c3ccccc3)cn1N)c(=O)n2C. The number of aryl methyl sites for hydroxylation is 2. The van der Waals surface area contributed by atoms with E-state index in [0.717, 1.165) is 11.3 Å². The van der Waals surface area contributed by atoms with Crippen LogP contribution in [-0.4, -0.2) is 34.1 Å². The number of aromatic nitrogens is 6. The van der Waals surface area contributed by atoms with Crippen molar-refractivity contribution in [2.75, 3.05) is 11.6 Å². The van der Waals surface area contributed by atoms with Gasteiger partial charge in [0.2, 0.25) is 0 Å². The van der Waals surface area contributed by atoms with Crippen LogP contribution in [0.1, 0.15) is 6.42 Å². The second-order valence-electron chi connectivity index (χ2n) is 6.71. The van der Waals surface area contributed by atoms with Crippen LogP contribution < -0.4 is 17.1 Å². The molecule has 0 fully saturated rings. The molecule has 3 heterocycles. The van der Waals surface area contributed by atoms with Crippen molar-refractivity contribution in [2.24, 2.45) is 14.1 Å². The molecule has 150 valence electrons. The minimum absolute atomic E-state index is 0.316. The van der Waals surface area contributed by atoms with E-state index in [-0.39, 0.29) is 11.2 Å². The largest absolute Gasteiger partial charge is 0.337 e. The molecule has 1 aromatic carbocycles. The Balaban J connectivity index is 1.47. The van der Waals surface area contributed by atoms with Crippen LogP contribution in [0.5, 0.6) is 0 Å². The van der Waals surface area contributed by atoms with Gasteiger partial charge in [-0.2, -0.15) is 0 Å². The standard InChI is InChI=1S/C19H21N7O2S/c1-23-12-21-16-15(23)17(27)25(19(28)24(16)2)9-6-10-29-18-22-14(11-26(18)20)13-7-4-3-5-8-13/h3-5,7-8,11-12H,6,9-10,20H2,1-2H3. The summed E-state index contributed by atoms with van der Waals surface area (Å²) in [6.45, 7) is 0.316. The first-order chi connectivity index (χ1) is 14.0. The van der Waals surface area contributed by atoms with Crippen LogP contribution in [-0.2, 0) is 20.6 Å². The molecule has 29 heavy (non-hydrogen) atoms. The molecule has 0 radical (unpaired) electrons. The lowest BCUT2D eigenvalue weighted by molar-refractivity contribution is 0.594. The molecule has 9 nitrogen and oxygen atoms in total. The number of rotatable bonds is 6. The van der Waals surface area contributed by atoms with Gasteiger partial charge in [-0.25, -0.2) is 19.4 Å². The fourth-order valence-electron chi connectivity index (χ4n) is 3.21. The molecule has 0 spiro atoms. The lowest BCUT2D eigenvalue weighted by Crippen LogP contribution is -2.39. The van der Waals surface area contributed by atoms with E-state index in [9.17, 15) is 9.59 Å².